The topological polar surface area (TPSA) is 54.2 Å². The molecule has 0 bridgehead atoms. The van der Waals surface area contributed by atoms with Gasteiger partial charge in [0.05, 0.1) is 11.9 Å². The van der Waals surface area contributed by atoms with Crippen molar-refractivity contribution in [2.45, 2.75) is 6.92 Å². The third kappa shape index (κ3) is 3.02. The smallest absolute Gasteiger partial charge is 0.214 e. The zero-order valence-corrected chi connectivity index (χ0v) is 13.3. The molecule has 0 aliphatic carbocycles. The normalized spacial score (nSPS) is 10.8. The van der Waals surface area contributed by atoms with Gasteiger partial charge in [0, 0.05) is 17.1 Å². The van der Waals surface area contributed by atoms with Crippen molar-refractivity contribution >= 4 is 38.5 Å². The predicted molar refractivity (Wildman–Crippen MR) is 95.1 cm³/mol. The lowest BCUT2D eigenvalue weighted by atomic mass is 10.2. The van der Waals surface area contributed by atoms with Crippen molar-refractivity contribution in [3.63, 3.8) is 0 Å². The lowest BCUT2D eigenvalue weighted by Crippen LogP contribution is -1.93. The number of fused-ring (bicyclic) bond motifs is 1. The van der Waals surface area contributed by atoms with Crippen LogP contribution in [0, 0.1) is 6.92 Å². The molecule has 23 heavy (non-hydrogen) atoms. The van der Waals surface area contributed by atoms with E-state index in [0.29, 0.717) is 0 Å². The zero-order valence-electron chi connectivity index (χ0n) is 12.5. The lowest BCUT2D eigenvalue weighted by Gasteiger charge is -2.07. The van der Waals surface area contributed by atoms with Gasteiger partial charge in [-0.1, -0.05) is 29.5 Å². The summed E-state index contributed by atoms with van der Waals surface area (Å²) in [5, 5.41) is 12.0. The molecule has 0 saturated carbocycles. The van der Waals surface area contributed by atoms with E-state index in [1.54, 1.807) is 4.52 Å². The molecule has 2 aromatic heterocycles. The number of benzene rings is 2. The minimum atomic E-state index is 0.830. The van der Waals surface area contributed by atoms with Crippen molar-refractivity contribution < 1.29 is 0 Å². The van der Waals surface area contributed by atoms with Crippen LogP contribution in [0.2, 0.25) is 0 Å². The average molecular weight is 321 g/mol. The Bertz CT molecular complexity index is 893. The van der Waals surface area contributed by atoms with Crippen LogP contribution >= 0.6 is 11.3 Å². The van der Waals surface area contributed by atoms with Crippen molar-refractivity contribution in [1.29, 1.82) is 0 Å². The molecule has 0 fully saturated rings. The van der Waals surface area contributed by atoms with Gasteiger partial charge in [0.2, 0.25) is 10.1 Å². The van der Waals surface area contributed by atoms with Gasteiger partial charge < -0.3 is 10.6 Å². The second-order valence-electron chi connectivity index (χ2n) is 5.21. The Morgan fingerprint density at radius 1 is 0.870 bits per heavy atom. The summed E-state index contributed by atoms with van der Waals surface area (Å²) in [5.74, 6) is 0. The van der Waals surface area contributed by atoms with Crippen LogP contribution in [0.25, 0.3) is 4.96 Å². The summed E-state index contributed by atoms with van der Waals surface area (Å²) in [6.07, 6.45) is 1.92. The summed E-state index contributed by atoms with van der Waals surface area (Å²) in [4.78, 5) is 5.30. The lowest BCUT2D eigenvalue weighted by molar-refractivity contribution is 0.975. The molecule has 0 aliphatic rings. The molecule has 2 aromatic carbocycles. The van der Waals surface area contributed by atoms with Gasteiger partial charge in [-0.3, -0.25) is 0 Å². The number of hydrogen-bond acceptors (Lipinski definition) is 5. The van der Waals surface area contributed by atoms with Crippen LogP contribution in [-0.4, -0.2) is 14.6 Å². The van der Waals surface area contributed by atoms with E-state index in [9.17, 15) is 0 Å². The molecule has 4 aromatic rings. The van der Waals surface area contributed by atoms with Crippen LogP contribution < -0.4 is 10.6 Å². The number of aryl methyl sites for hydroxylation is 1. The highest BCUT2D eigenvalue weighted by molar-refractivity contribution is 7.20. The second-order valence-corrected chi connectivity index (χ2v) is 6.17. The molecule has 5 nitrogen and oxygen atoms in total. The molecule has 114 valence electrons. The van der Waals surface area contributed by atoms with Gasteiger partial charge in [-0.25, -0.2) is 9.50 Å². The molecule has 0 aliphatic heterocycles. The fourth-order valence-corrected chi connectivity index (χ4v) is 3.16. The maximum Gasteiger partial charge on any atom is 0.214 e. The van der Waals surface area contributed by atoms with Gasteiger partial charge >= 0.3 is 0 Å². The first-order valence-corrected chi connectivity index (χ1v) is 8.10. The molecular weight excluding hydrogens is 306 g/mol. The molecular formula is C17H15N5S. The van der Waals surface area contributed by atoms with Crippen molar-refractivity contribution in [3.05, 3.63) is 66.5 Å². The monoisotopic (exact) mass is 321 g/mol. The number of rotatable bonds is 4. The first-order chi connectivity index (χ1) is 11.3. The summed E-state index contributed by atoms with van der Waals surface area (Å²) < 4.78 is 1.80. The minimum Gasteiger partial charge on any atom is -0.356 e. The highest BCUT2D eigenvalue weighted by Crippen LogP contribution is 2.24. The number of anilines is 4. The van der Waals surface area contributed by atoms with Crippen molar-refractivity contribution in [3.8, 4) is 0 Å². The van der Waals surface area contributed by atoms with Crippen LogP contribution in [0.15, 0.2) is 60.8 Å². The average Bonchev–Trinajstić information content (AvgIpc) is 3.07. The minimum absolute atomic E-state index is 0.830. The molecule has 0 unspecified atom stereocenters. The van der Waals surface area contributed by atoms with E-state index in [-0.39, 0.29) is 0 Å². The van der Waals surface area contributed by atoms with Crippen molar-refractivity contribution in [1.82, 2.24) is 14.6 Å². The predicted octanol–water partition coefficient (Wildman–Crippen LogP) is 4.59. The van der Waals surface area contributed by atoms with Gasteiger partial charge in [0.1, 0.15) is 0 Å². The Morgan fingerprint density at radius 2 is 1.52 bits per heavy atom. The molecule has 0 amide bonds. The maximum absolute atomic E-state index is 4.46. The van der Waals surface area contributed by atoms with E-state index in [1.165, 1.54) is 11.3 Å². The second kappa shape index (κ2) is 5.73. The highest BCUT2D eigenvalue weighted by atomic mass is 32.1. The molecule has 4 rings (SSSR count). The first kappa shape index (κ1) is 13.8. The number of para-hydroxylation sites is 1. The third-order valence-electron chi connectivity index (χ3n) is 3.36. The summed E-state index contributed by atoms with van der Waals surface area (Å²) >= 11 is 1.53. The van der Waals surface area contributed by atoms with Gasteiger partial charge in [0.15, 0.2) is 0 Å². The highest BCUT2D eigenvalue weighted by Gasteiger charge is 2.06. The number of nitrogens with zero attached hydrogens (tertiary/aromatic N) is 3. The fourth-order valence-electron chi connectivity index (χ4n) is 2.31. The third-order valence-corrected chi connectivity index (χ3v) is 4.20. The number of imidazole rings is 1. The molecule has 0 atom stereocenters. The number of hydrogen-bond donors (Lipinski definition) is 2. The van der Waals surface area contributed by atoms with Crippen LogP contribution in [-0.2, 0) is 0 Å². The Labute approximate surface area is 137 Å². The van der Waals surface area contributed by atoms with E-state index in [4.69, 9.17) is 0 Å². The Morgan fingerprint density at radius 3 is 2.22 bits per heavy atom. The Balaban J connectivity index is 1.48. The zero-order chi connectivity index (χ0) is 15.6. The van der Waals surface area contributed by atoms with E-state index in [1.807, 2.05) is 67.7 Å². The quantitative estimate of drug-likeness (QED) is 0.577. The van der Waals surface area contributed by atoms with Crippen molar-refractivity contribution in [2.24, 2.45) is 0 Å². The largest absolute Gasteiger partial charge is 0.356 e. The van der Waals surface area contributed by atoms with Crippen LogP contribution in [0.3, 0.4) is 0 Å². The fraction of sp³-hybridized carbons (Fsp3) is 0.0588. The van der Waals surface area contributed by atoms with Crippen LogP contribution in [0.1, 0.15) is 5.69 Å². The molecule has 0 spiro atoms. The molecule has 0 radical (unpaired) electrons. The first-order valence-electron chi connectivity index (χ1n) is 7.28. The standard InChI is InChI=1S/C17H15N5S/c1-12-11-22-17(18-12)23-16(21-22)20-15-9-7-14(8-10-15)19-13-5-3-2-4-6-13/h2-11,19H,1H3,(H,20,21). The molecule has 6 heteroatoms. The van der Waals surface area contributed by atoms with E-state index in [0.717, 1.165) is 32.8 Å². The van der Waals surface area contributed by atoms with Crippen LogP contribution in [0.5, 0.6) is 0 Å². The summed E-state index contributed by atoms with van der Waals surface area (Å²) in [5.41, 5.74) is 4.10. The van der Waals surface area contributed by atoms with Crippen molar-refractivity contribution in [2.75, 3.05) is 10.6 Å². The van der Waals surface area contributed by atoms with E-state index >= 15 is 0 Å². The molecule has 2 N–H and O–H groups in total. The van der Waals surface area contributed by atoms with E-state index in [2.05, 4.69) is 20.7 Å². The maximum atomic E-state index is 4.46. The van der Waals surface area contributed by atoms with Gasteiger partial charge in [-0.2, -0.15) is 0 Å². The van der Waals surface area contributed by atoms with E-state index < -0.39 is 0 Å². The Kier molecular flexibility index (Phi) is 3.44. The number of nitrogens with one attached hydrogen (secondary N) is 2. The summed E-state index contributed by atoms with van der Waals surface area (Å²) in [7, 11) is 0. The van der Waals surface area contributed by atoms with Crippen LogP contribution in [0.4, 0.5) is 22.2 Å². The molecule has 2 heterocycles. The van der Waals surface area contributed by atoms with Gasteiger partial charge in [-0.05, 0) is 43.3 Å². The van der Waals surface area contributed by atoms with Gasteiger partial charge in [0.25, 0.3) is 0 Å². The summed E-state index contributed by atoms with van der Waals surface area (Å²) in [6, 6.07) is 18.2. The number of aromatic nitrogens is 3. The molecule has 0 saturated heterocycles. The Hall–Kier alpha value is -2.86. The SMILES string of the molecule is Cc1cn2nc(Nc3ccc(Nc4ccccc4)cc3)sc2n1. The van der Waals surface area contributed by atoms with Gasteiger partial charge in [-0.15, -0.1) is 5.10 Å². The summed E-state index contributed by atoms with van der Waals surface area (Å²) in [6.45, 7) is 1.97.